The molecule has 3 heteroatoms. The predicted octanol–water partition coefficient (Wildman–Crippen LogP) is 3.89. The molecule has 0 atom stereocenters. The van der Waals surface area contributed by atoms with E-state index in [0.29, 0.717) is 0 Å². The van der Waals surface area contributed by atoms with Gasteiger partial charge >= 0.3 is 0 Å². The lowest BCUT2D eigenvalue weighted by atomic mass is 10.1. The Morgan fingerprint density at radius 3 is 2.32 bits per heavy atom. The Hall–Kier alpha value is -2.29. The third-order valence-electron chi connectivity index (χ3n) is 3.04. The fraction of sp³-hybridized carbons (Fsp3) is 0.188. The third-order valence-corrected chi connectivity index (χ3v) is 3.04. The molecule has 0 amide bonds. The summed E-state index contributed by atoms with van der Waals surface area (Å²) in [6.45, 7) is 5.89. The van der Waals surface area contributed by atoms with Crippen LogP contribution in [0.25, 0.3) is 5.57 Å². The molecule has 0 saturated carbocycles. The van der Waals surface area contributed by atoms with Crippen molar-refractivity contribution < 1.29 is 4.74 Å². The molecule has 0 aliphatic rings. The molecular weight excluding hydrogens is 236 g/mol. The first-order valence-corrected chi connectivity index (χ1v) is 6.11. The molecule has 98 valence electrons. The van der Waals surface area contributed by atoms with Crippen LogP contribution in [-0.2, 0) is 0 Å². The highest BCUT2D eigenvalue weighted by atomic mass is 16.5. The molecule has 1 aromatic heterocycles. The smallest absolute Gasteiger partial charge is 0.132 e. The number of benzene rings is 1. The SMILES string of the molecule is C=C(C)c1ccc(N(C)c2ccc(OC)cc2)nc1. The maximum absolute atomic E-state index is 5.15. The molecule has 2 rings (SSSR count). The van der Waals surface area contributed by atoms with Crippen LogP contribution in [0.5, 0.6) is 5.75 Å². The molecule has 1 aromatic carbocycles. The first kappa shape index (κ1) is 13.1. The topological polar surface area (TPSA) is 25.4 Å². The number of allylic oxidation sites excluding steroid dienone is 1. The molecule has 0 radical (unpaired) electrons. The van der Waals surface area contributed by atoms with E-state index in [2.05, 4.69) is 11.6 Å². The number of anilines is 2. The Morgan fingerprint density at radius 1 is 1.16 bits per heavy atom. The summed E-state index contributed by atoms with van der Waals surface area (Å²) in [6, 6.07) is 11.9. The molecule has 19 heavy (non-hydrogen) atoms. The fourth-order valence-electron chi connectivity index (χ4n) is 1.78. The number of hydrogen-bond acceptors (Lipinski definition) is 3. The minimum Gasteiger partial charge on any atom is -0.497 e. The largest absolute Gasteiger partial charge is 0.497 e. The molecule has 0 bridgehead atoms. The normalized spacial score (nSPS) is 10.1. The summed E-state index contributed by atoms with van der Waals surface area (Å²) in [7, 11) is 3.65. The van der Waals surface area contributed by atoms with Crippen molar-refractivity contribution in [3.05, 3.63) is 54.7 Å². The second kappa shape index (κ2) is 5.57. The molecule has 0 aliphatic heterocycles. The van der Waals surface area contributed by atoms with Gasteiger partial charge in [-0.25, -0.2) is 4.98 Å². The fourth-order valence-corrected chi connectivity index (χ4v) is 1.78. The molecular formula is C16H18N2O. The van der Waals surface area contributed by atoms with E-state index in [1.807, 2.05) is 61.5 Å². The van der Waals surface area contributed by atoms with Gasteiger partial charge in [0, 0.05) is 18.9 Å². The Labute approximate surface area is 114 Å². The molecule has 0 unspecified atom stereocenters. The summed E-state index contributed by atoms with van der Waals surface area (Å²) >= 11 is 0. The standard InChI is InChI=1S/C16H18N2O/c1-12(2)13-5-10-16(17-11-13)18(3)14-6-8-15(19-4)9-7-14/h5-11H,1H2,2-4H3. The van der Waals surface area contributed by atoms with Crippen molar-refractivity contribution in [1.82, 2.24) is 4.98 Å². The van der Waals surface area contributed by atoms with Gasteiger partial charge in [-0.15, -0.1) is 0 Å². The van der Waals surface area contributed by atoms with Crippen molar-refractivity contribution in [2.75, 3.05) is 19.1 Å². The first-order chi connectivity index (χ1) is 9.11. The Kier molecular flexibility index (Phi) is 3.85. The van der Waals surface area contributed by atoms with Gasteiger partial charge in [-0.2, -0.15) is 0 Å². The summed E-state index contributed by atoms with van der Waals surface area (Å²) in [5.41, 5.74) is 3.15. The van der Waals surface area contributed by atoms with Gasteiger partial charge in [0.1, 0.15) is 11.6 Å². The van der Waals surface area contributed by atoms with Crippen LogP contribution in [0.3, 0.4) is 0 Å². The van der Waals surface area contributed by atoms with Gasteiger partial charge in [0.15, 0.2) is 0 Å². The maximum atomic E-state index is 5.15. The zero-order valence-corrected chi connectivity index (χ0v) is 11.6. The lowest BCUT2D eigenvalue weighted by molar-refractivity contribution is 0.415. The molecule has 1 heterocycles. The van der Waals surface area contributed by atoms with E-state index in [1.165, 1.54) is 0 Å². The Balaban J connectivity index is 2.22. The summed E-state index contributed by atoms with van der Waals surface area (Å²) in [6.07, 6.45) is 1.84. The van der Waals surface area contributed by atoms with Crippen LogP contribution in [-0.4, -0.2) is 19.1 Å². The number of methoxy groups -OCH3 is 1. The van der Waals surface area contributed by atoms with Gasteiger partial charge < -0.3 is 9.64 Å². The quantitative estimate of drug-likeness (QED) is 0.827. The van der Waals surface area contributed by atoms with Crippen LogP contribution in [0.4, 0.5) is 11.5 Å². The number of aromatic nitrogens is 1. The first-order valence-electron chi connectivity index (χ1n) is 6.11. The average Bonchev–Trinajstić information content (AvgIpc) is 2.46. The van der Waals surface area contributed by atoms with E-state index in [1.54, 1.807) is 7.11 Å². The summed E-state index contributed by atoms with van der Waals surface area (Å²) in [4.78, 5) is 6.48. The van der Waals surface area contributed by atoms with E-state index >= 15 is 0 Å². The van der Waals surface area contributed by atoms with E-state index in [4.69, 9.17) is 4.74 Å². The van der Waals surface area contributed by atoms with Gasteiger partial charge in [0.05, 0.1) is 7.11 Å². The highest BCUT2D eigenvalue weighted by Gasteiger charge is 2.05. The summed E-state index contributed by atoms with van der Waals surface area (Å²) in [5, 5.41) is 0. The third kappa shape index (κ3) is 2.94. The molecule has 0 N–H and O–H groups in total. The van der Waals surface area contributed by atoms with Crippen molar-refractivity contribution in [2.45, 2.75) is 6.92 Å². The zero-order chi connectivity index (χ0) is 13.8. The van der Waals surface area contributed by atoms with Crippen LogP contribution in [0.15, 0.2) is 49.2 Å². The summed E-state index contributed by atoms with van der Waals surface area (Å²) in [5.74, 6) is 1.75. The van der Waals surface area contributed by atoms with Crippen molar-refractivity contribution in [1.29, 1.82) is 0 Å². The number of pyridine rings is 1. The molecule has 0 aliphatic carbocycles. The molecule has 2 aromatic rings. The van der Waals surface area contributed by atoms with E-state index in [9.17, 15) is 0 Å². The van der Waals surface area contributed by atoms with Crippen molar-refractivity contribution in [3.8, 4) is 5.75 Å². The maximum Gasteiger partial charge on any atom is 0.132 e. The highest BCUT2D eigenvalue weighted by molar-refractivity contribution is 5.64. The van der Waals surface area contributed by atoms with Crippen molar-refractivity contribution in [2.24, 2.45) is 0 Å². The van der Waals surface area contributed by atoms with Gasteiger partial charge in [0.2, 0.25) is 0 Å². The van der Waals surface area contributed by atoms with Crippen LogP contribution in [0.1, 0.15) is 12.5 Å². The minimum atomic E-state index is 0.850. The number of rotatable bonds is 4. The zero-order valence-electron chi connectivity index (χ0n) is 11.6. The number of ether oxygens (including phenoxy) is 1. The van der Waals surface area contributed by atoms with Crippen LogP contribution < -0.4 is 9.64 Å². The van der Waals surface area contributed by atoms with Gasteiger partial charge in [-0.05, 0) is 54.5 Å². The van der Waals surface area contributed by atoms with Gasteiger partial charge in [-0.3, -0.25) is 0 Å². The number of hydrogen-bond donors (Lipinski definition) is 0. The van der Waals surface area contributed by atoms with E-state index in [-0.39, 0.29) is 0 Å². The van der Waals surface area contributed by atoms with Crippen molar-refractivity contribution in [3.63, 3.8) is 0 Å². The summed E-state index contributed by atoms with van der Waals surface area (Å²) < 4.78 is 5.15. The predicted molar refractivity (Wildman–Crippen MR) is 80.0 cm³/mol. The van der Waals surface area contributed by atoms with Crippen LogP contribution >= 0.6 is 0 Å². The lowest BCUT2D eigenvalue weighted by Gasteiger charge is -2.18. The average molecular weight is 254 g/mol. The van der Waals surface area contributed by atoms with Gasteiger partial charge in [-0.1, -0.05) is 6.58 Å². The Bertz CT molecular complexity index is 558. The molecule has 0 spiro atoms. The van der Waals surface area contributed by atoms with Crippen LogP contribution in [0, 0.1) is 0 Å². The number of nitrogens with zero attached hydrogens (tertiary/aromatic N) is 2. The highest BCUT2D eigenvalue weighted by Crippen LogP contribution is 2.24. The second-order valence-electron chi connectivity index (χ2n) is 4.44. The van der Waals surface area contributed by atoms with Gasteiger partial charge in [0.25, 0.3) is 0 Å². The minimum absolute atomic E-state index is 0.850. The van der Waals surface area contributed by atoms with E-state index in [0.717, 1.165) is 28.4 Å². The second-order valence-corrected chi connectivity index (χ2v) is 4.44. The van der Waals surface area contributed by atoms with Crippen molar-refractivity contribution >= 4 is 17.1 Å². The monoisotopic (exact) mass is 254 g/mol. The van der Waals surface area contributed by atoms with E-state index < -0.39 is 0 Å². The molecule has 0 saturated heterocycles. The lowest BCUT2D eigenvalue weighted by Crippen LogP contribution is -2.10. The Morgan fingerprint density at radius 2 is 1.84 bits per heavy atom. The molecule has 0 fully saturated rings. The van der Waals surface area contributed by atoms with Crippen LogP contribution in [0.2, 0.25) is 0 Å². The molecule has 3 nitrogen and oxygen atoms in total.